The molecule has 0 saturated carbocycles. The van der Waals surface area contributed by atoms with Crippen molar-refractivity contribution in [3.63, 3.8) is 0 Å². The maximum absolute atomic E-state index is 12.4. The van der Waals surface area contributed by atoms with Crippen molar-refractivity contribution in [1.29, 1.82) is 0 Å². The normalized spacial score (nSPS) is 16.7. The lowest BCUT2D eigenvalue weighted by Gasteiger charge is -2.21. The molecule has 3 rings (SSSR count). The van der Waals surface area contributed by atoms with Crippen LogP contribution < -0.4 is 5.32 Å². The third kappa shape index (κ3) is 4.30. The lowest BCUT2D eigenvalue weighted by molar-refractivity contribution is 0.0939. The molecule has 1 N–H and O–H groups in total. The molecule has 2 heterocycles. The van der Waals surface area contributed by atoms with Gasteiger partial charge in [-0.05, 0) is 54.7 Å². The summed E-state index contributed by atoms with van der Waals surface area (Å²) in [5.74, 6) is 2.39. The van der Waals surface area contributed by atoms with Crippen molar-refractivity contribution < 1.29 is 4.79 Å². The summed E-state index contributed by atoms with van der Waals surface area (Å²) in [5, 5.41) is 3.00. The smallest absolute Gasteiger partial charge is 0.251 e. The van der Waals surface area contributed by atoms with Gasteiger partial charge in [0.2, 0.25) is 0 Å². The number of amides is 1. The molecule has 1 fully saturated rings. The molecule has 5 heteroatoms. The van der Waals surface area contributed by atoms with Crippen molar-refractivity contribution in [2.24, 2.45) is 0 Å². The minimum atomic E-state index is -0.104. The number of aromatic nitrogens is 1. The van der Waals surface area contributed by atoms with Crippen LogP contribution in [-0.2, 0) is 0 Å². The van der Waals surface area contributed by atoms with Gasteiger partial charge in [-0.15, -0.1) is 23.5 Å². The van der Waals surface area contributed by atoms with Gasteiger partial charge in [-0.25, -0.2) is 0 Å². The molecule has 1 aromatic heterocycles. The van der Waals surface area contributed by atoms with Crippen molar-refractivity contribution in [3.8, 4) is 0 Å². The number of thioether (sulfide) groups is 2. The van der Waals surface area contributed by atoms with Crippen LogP contribution in [0.2, 0.25) is 0 Å². The molecule has 2 aromatic rings. The molecular formula is C18H20N2OS2. The lowest BCUT2D eigenvalue weighted by atomic mass is 10.1. The fourth-order valence-electron chi connectivity index (χ4n) is 2.46. The summed E-state index contributed by atoms with van der Waals surface area (Å²) in [6.45, 7) is 1.95. The second-order valence-corrected chi connectivity index (χ2v) is 8.22. The fourth-order valence-corrected chi connectivity index (χ4v) is 5.35. The number of hydrogen-bond acceptors (Lipinski definition) is 4. The standard InChI is InChI=1S/C18H20N2OS2/c1-13(16-5-2-3-10-19-16)20-17(21)14-6-8-15(9-7-14)18-22-11-4-12-23-18/h2-3,5-10,13,18H,4,11-12H2,1H3,(H,20,21)/t13-/m1/s1. The lowest BCUT2D eigenvalue weighted by Crippen LogP contribution is -2.27. The highest BCUT2D eigenvalue weighted by atomic mass is 32.2. The minimum absolute atomic E-state index is 0.0568. The van der Waals surface area contributed by atoms with E-state index in [0.717, 1.165) is 5.69 Å². The first-order chi connectivity index (χ1) is 11.2. The van der Waals surface area contributed by atoms with Crippen molar-refractivity contribution in [3.05, 3.63) is 65.5 Å². The number of carbonyl (C=O) groups is 1. The predicted octanol–water partition coefficient (Wildman–Crippen LogP) is 4.44. The zero-order valence-electron chi connectivity index (χ0n) is 13.1. The van der Waals surface area contributed by atoms with Gasteiger partial charge in [0, 0.05) is 11.8 Å². The number of nitrogens with zero attached hydrogens (tertiary/aromatic N) is 1. The summed E-state index contributed by atoms with van der Waals surface area (Å²) in [4.78, 5) is 16.6. The van der Waals surface area contributed by atoms with Gasteiger partial charge in [-0.3, -0.25) is 9.78 Å². The van der Waals surface area contributed by atoms with E-state index in [9.17, 15) is 4.79 Å². The van der Waals surface area contributed by atoms with Gasteiger partial charge in [0.25, 0.3) is 5.91 Å². The Morgan fingerprint density at radius 2 is 1.91 bits per heavy atom. The molecule has 3 nitrogen and oxygen atoms in total. The summed E-state index contributed by atoms with van der Waals surface area (Å²) in [6.07, 6.45) is 3.03. The average molecular weight is 345 g/mol. The highest BCUT2D eigenvalue weighted by Crippen LogP contribution is 2.43. The van der Waals surface area contributed by atoms with Crippen LogP contribution in [0.1, 0.15) is 45.6 Å². The summed E-state index contributed by atoms with van der Waals surface area (Å²) in [7, 11) is 0. The monoisotopic (exact) mass is 344 g/mol. The SMILES string of the molecule is C[C@@H](NC(=O)c1ccc(C2SCCCS2)cc1)c1ccccn1. The van der Waals surface area contributed by atoms with Gasteiger partial charge >= 0.3 is 0 Å². The summed E-state index contributed by atoms with van der Waals surface area (Å²) in [6, 6.07) is 13.6. The molecule has 0 unspecified atom stereocenters. The van der Waals surface area contributed by atoms with Gasteiger partial charge in [-0.1, -0.05) is 18.2 Å². The maximum Gasteiger partial charge on any atom is 0.251 e. The number of pyridine rings is 1. The number of hydrogen-bond donors (Lipinski definition) is 1. The van der Waals surface area contributed by atoms with Crippen molar-refractivity contribution in [1.82, 2.24) is 10.3 Å². The van der Waals surface area contributed by atoms with E-state index < -0.39 is 0 Å². The van der Waals surface area contributed by atoms with Crippen LogP contribution in [0.5, 0.6) is 0 Å². The number of nitrogens with one attached hydrogen (secondary N) is 1. The number of benzene rings is 1. The highest BCUT2D eigenvalue weighted by Gasteiger charge is 2.17. The quantitative estimate of drug-likeness (QED) is 0.890. The van der Waals surface area contributed by atoms with Crippen LogP contribution in [0.3, 0.4) is 0 Å². The molecule has 1 atom stereocenters. The van der Waals surface area contributed by atoms with E-state index in [2.05, 4.69) is 22.4 Å². The fraction of sp³-hybridized carbons (Fsp3) is 0.333. The largest absolute Gasteiger partial charge is 0.344 e. The summed E-state index contributed by atoms with van der Waals surface area (Å²) in [5.41, 5.74) is 2.86. The highest BCUT2D eigenvalue weighted by molar-refractivity contribution is 8.16. The van der Waals surface area contributed by atoms with Gasteiger partial charge in [0.1, 0.15) is 0 Å². The Kier molecular flexibility index (Phi) is 5.62. The first kappa shape index (κ1) is 16.4. The molecule has 1 amide bonds. The van der Waals surface area contributed by atoms with Crippen LogP contribution >= 0.6 is 23.5 Å². The third-order valence-corrected chi connectivity index (χ3v) is 6.77. The van der Waals surface area contributed by atoms with Crippen molar-refractivity contribution >= 4 is 29.4 Å². The Balaban J connectivity index is 1.63. The van der Waals surface area contributed by atoms with Crippen LogP contribution in [0.15, 0.2) is 48.7 Å². The van der Waals surface area contributed by atoms with E-state index in [1.807, 2.05) is 60.8 Å². The minimum Gasteiger partial charge on any atom is -0.344 e. The maximum atomic E-state index is 12.4. The number of carbonyl (C=O) groups excluding carboxylic acids is 1. The average Bonchev–Trinajstić information content (AvgIpc) is 2.63. The second-order valence-electron chi connectivity index (χ2n) is 5.50. The Morgan fingerprint density at radius 3 is 2.57 bits per heavy atom. The van der Waals surface area contributed by atoms with Crippen LogP contribution in [0.25, 0.3) is 0 Å². The molecule has 0 aliphatic carbocycles. The Morgan fingerprint density at radius 1 is 1.17 bits per heavy atom. The third-order valence-electron chi connectivity index (χ3n) is 3.75. The van der Waals surface area contributed by atoms with E-state index in [0.29, 0.717) is 10.1 Å². The molecule has 1 saturated heterocycles. The zero-order valence-corrected chi connectivity index (χ0v) is 14.7. The van der Waals surface area contributed by atoms with Gasteiger partial charge in [0.05, 0.1) is 16.3 Å². The van der Waals surface area contributed by atoms with E-state index in [4.69, 9.17) is 0 Å². The Hall–Kier alpha value is -1.46. The predicted molar refractivity (Wildman–Crippen MR) is 98.8 cm³/mol. The summed E-state index contributed by atoms with van der Waals surface area (Å²) >= 11 is 3.99. The molecule has 1 aliphatic heterocycles. The van der Waals surface area contributed by atoms with Crippen molar-refractivity contribution in [2.75, 3.05) is 11.5 Å². The molecule has 1 aromatic carbocycles. The van der Waals surface area contributed by atoms with E-state index >= 15 is 0 Å². The first-order valence-corrected chi connectivity index (χ1v) is 9.89. The van der Waals surface area contributed by atoms with Crippen molar-refractivity contribution in [2.45, 2.75) is 24.0 Å². The summed E-state index contributed by atoms with van der Waals surface area (Å²) < 4.78 is 0.508. The first-order valence-electron chi connectivity index (χ1n) is 7.79. The van der Waals surface area contributed by atoms with E-state index in [1.165, 1.54) is 23.5 Å². The Bertz CT molecular complexity index is 640. The molecule has 23 heavy (non-hydrogen) atoms. The van der Waals surface area contributed by atoms with E-state index in [-0.39, 0.29) is 11.9 Å². The molecule has 0 spiro atoms. The Labute approximate surface area is 145 Å². The molecule has 0 radical (unpaired) electrons. The van der Waals surface area contributed by atoms with Gasteiger partial charge < -0.3 is 5.32 Å². The van der Waals surface area contributed by atoms with Crippen LogP contribution in [0, 0.1) is 0 Å². The van der Waals surface area contributed by atoms with Crippen LogP contribution in [0.4, 0.5) is 0 Å². The van der Waals surface area contributed by atoms with E-state index in [1.54, 1.807) is 6.20 Å². The molecule has 120 valence electrons. The number of rotatable bonds is 4. The topological polar surface area (TPSA) is 42.0 Å². The zero-order chi connectivity index (χ0) is 16.1. The molecule has 0 bridgehead atoms. The molecular weight excluding hydrogens is 324 g/mol. The van der Waals surface area contributed by atoms with Crippen LogP contribution in [-0.4, -0.2) is 22.4 Å². The van der Waals surface area contributed by atoms with Gasteiger partial charge in [-0.2, -0.15) is 0 Å². The second kappa shape index (κ2) is 7.88. The molecule has 1 aliphatic rings. The van der Waals surface area contributed by atoms with Gasteiger partial charge in [0.15, 0.2) is 0 Å².